The van der Waals surface area contributed by atoms with Crippen LogP contribution in [-0.2, 0) is 0 Å². The molecule has 0 N–H and O–H groups in total. The standard InChI is InChI=1S/C9H18N2S6/c1-10(2)8(12)16-14-6-5-7-15-17-9(13)11(3)4/h5-7H2,1-4H3. The molecule has 0 aliphatic heterocycles. The van der Waals surface area contributed by atoms with Crippen LogP contribution in [-0.4, -0.2) is 58.1 Å². The van der Waals surface area contributed by atoms with Gasteiger partial charge in [-0.2, -0.15) is 0 Å². The van der Waals surface area contributed by atoms with E-state index < -0.39 is 0 Å². The van der Waals surface area contributed by atoms with Crippen molar-refractivity contribution in [3.8, 4) is 0 Å². The van der Waals surface area contributed by atoms with E-state index >= 15 is 0 Å². The molecule has 17 heavy (non-hydrogen) atoms. The van der Waals surface area contributed by atoms with Gasteiger partial charge in [-0.05, 0) is 28.0 Å². The molecule has 0 aromatic heterocycles. The van der Waals surface area contributed by atoms with Crippen LogP contribution in [0.2, 0.25) is 0 Å². The predicted molar refractivity (Wildman–Crippen MR) is 97.3 cm³/mol. The summed E-state index contributed by atoms with van der Waals surface area (Å²) in [6.07, 6.45) is 1.18. The molecule has 0 saturated heterocycles. The molecule has 0 unspecified atom stereocenters. The van der Waals surface area contributed by atoms with E-state index in [1.54, 1.807) is 21.6 Å². The quantitative estimate of drug-likeness (QED) is 0.401. The van der Waals surface area contributed by atoms with Gasteiger partial charge >= 0.3 is 0 Å². The van der Waals surface area contributed by atoms with Crippen molar-refractivity contribution in [3.63, 3.8) is 0 Å². The maximum Gasteiger partial charge on any atom is 0.146 e. The largest absolute Gasteiger partial charge is 0.363 e. The maximum absolute atomic E-state index is 5.18. The first-order chi connectivity index (χ1) is 7.95. The fraction of sp³-hybridized carbons (Fsp3) is 0.778. The summed E-state index contributed by atoms with van der Waals surface area (Å²) in [4.78, 5) is 3.93. The number of nitrogens with zero attached hydrogens (tertiary/aromatic N) is 2. The van der Waals surface area contributed by atoms with E-state index in [9.17, 15) is 0 Å². The molecule has 100 valence electrons. The molecular weight excluding hydrogens is 329 g/mol. The summed E-state index contributed by atoms with van der Waals surface area (Å²) in [6, 6.07) is 0. The van der Waals surface area contributed by atoms with Crippen LogP contribution in [0.4, 0.5) is 0 Å². The molecule has 0 bridgehead atoms. The highest BCUT2D eigenvalue weighted by molar-refractivity contribution is 8.84. The highest BCUT2D eigenvalue weighted by atomic mass is 33.1. The molecule has 0 aliphatic rings. The molecule has 0 aromatic rings. The van der Waals surface area contributed by atoms with Crippen molar-refractivity contribution in [1.29, 1.82) is 0 Å². The normalized spacial score (nSPS) is 10.1. The fourth-order valence-corrected chi connectivity index (χ4v) is 5.46. The Hall–Kier alpha value is 1.18. The van der Waals surface area contributed by atoms with Crippen molar-refractivity contribution in [3.05, 3.63) is 0 Å². The summed E-state index contributed by atoms with van der Waals surface area (Å²) in [5.41, 5.74) is 0. The SMILES string of the molecule is CN(C)C(=S)SSCCCSSC(=S)N(C)C. The smallest absolute Gasteiger partial charge is 0.146 e. The summed E-state index contributed by atoms with van der Waals surface area (Å²) >= 11 is 10.4. The Morgan fingerprint density at radius 3 is 1.47 bits per heavy atom. The molecule has 0 aromatic carbocycles. The van der Waals surface area contributed by atoms with Crippen LogP contribution >= 0.6 is 67.6 Å². The first kappa shape index (κ1) is 18.2. The molecule has 8 heteroatoms. The molecule has 0 fully saturated rings. The Kier molecular flexibility index (Phi) is 11.8. The van der Waals surface area contributed by atoms with Crippen LogP contribution in [0, 0.1) is 0 Å². The highest BCUT2D eigenvalue weighted by Gasteiger charge is 2.02. The van der Waals surface area contributed by atoms with Crippen LogP contribution in [0.1, 0.15) is 6.42 Å². The lowest BCUT2D eigenvalue weighted by molar-refractivity contribution is 0.648. The lowest BCUT2D eigenvalue weighted by Gasteiger charge is -2.12. The van der Waals surface area contributed by atoms with Crippen molar-refractivity contribution in [2.45, 2.75) is 6.42 Å². The molecular formula is C9H18N2S6. The molecule has 0 heterocycles. The minimum absolute atomic E-state index is 0.936. The summed E-state index contributed by atoms with van der Waals surface area (Å²) < 4.78 is 1.87. The van der Waals surface area contributed by atoms with Crippen molar-refractivity contribution in [2.75, 3.05) is 39.7 Å². The van der Waals surface area contributed by atoms with E-state index in [0.717, 1.165) is 20.1 Å². The van der Waals surface area contributed by atoms with Gasteiger partial charge in [0.2, 0.25) is 0 Å². The fourth-order valence-electron chi connectivity index (χ4n) is 0.510. The van der Waals surface area contributed by atoms with Gasteiger partial charge < -0.3 is 9.80 Å². The summed E-state index contributed by atoms with van der Waals surface area (Å²) in [7, 11) is 14.9. The molecule has 0 spiro atoms. The number of thiocarbonyl (C=S) groups is 2. The number of hydrogen-bond donors (Lipinski definition) is 0. The summed E-state index contributed by atoms with van der Waals surface area (Å²) in [5.74, 6) is 2.25. The zero-order valence-electron chi connectivity index (χ0n) is 10.5. The van der Waals surface area contributed by atoms with Crippen LogP contribution in [0.25, 0.3) is 0 Å². The monoisotopic (exact) mass is 346 g/mol. The molecule has 0 rings (SSSR count). The van der Waals surface area contributed by atoms with Gasteiger partial charge in [0.15, 0.2) is 0 Å². The Balaban J connectivity index is 3.30. The van der Waals surface area contributed by atoms with Gasteiger partial charge in [0.1, 0.15) is 8.64 Å². The lowest BCUT2D eigenvalue weighted by Crippen LogP contribution is -2.15. The third-order valence-electron chi connectivity index (χ3n) is 1.45. The Bertz CT molecular complexity index is 220. The Labute approximate surface area is 131 Å². The van der Waals surface area contributed by atoms with Gasteiger partial charge in [0.05, 0.1) is 0 Å². The minimum atomic E-state index is 0.936. The van der Waals surface area contributed by atoms with Gasteiger partial charge in [-0.1, -0.05) is 46.0 Å². The lowest BCUT2D eigenvalue weighted by atomic mass is 10.6. The molecule has 0 aliphatic carbocycles. The average Bonchev–Trinajstić information content (AvgIpc) is 2.26. The van der Waals surface area contributed by atoms with Crippen molar-refractivity contribution in [1.82, 2.24) is 9.80 Å². The minimum Gasteiger partial charge on any atom is -0.363 e. The third-order valence-corrected chi connectivity index (χ3v) is 8.13. The zero-order valence-corrected chi connectivity index (χ0v) is 15.4. The summed E-state index contributed by atoms with van der Waals surface area (Å²) in [5, 5.41) is 0. The second kappa shape index (κ2) is 11.0. The Morgan fingerprint density at radius 1 is 0.824 bits per heavy atom. The van der Waals surface area contributed by atoms with Gasteiger partial charge in [-0.3, -0.25) is 0 Å². The average molecular weight is 347 g/mol. The van der Waals surface area contributed by atoms with E-state index in [-0.39, 0.29) is 0 Å². The molecule has 0 saturated carbocycles. The number of hydrogen-bond acceptors (Lipinski definition) is 6. The molecule has 0 radical (unpaired) electrons. The second-order valence-corrected chi connectivity index (χ2v) is 9.58. The summed E-state index contributed by atoms with van der Waals surface area (Å²) in [6.45, 7) is 0. The first-order valence-electron chi connectivity index (χ1n) is 4.96. The van der Waals surface area contributed by atoms with Crippen LogP contribution in [0.5, 0.6) is 0 Å². The van der Waals surface area contributed by atoms with Gasteiger partial charge in [0.25, 0.3) is 0 Å². The molecule has 2 nitrogen and oxygen atoms in total. The zero-order chi connectivity index (χ0) is 13.3. The van der Waals surface area contributed by atoms with Crippen molar-refractivity contribution >= 4 is 76.3 Å². The van der Waals surface area contributed by atoms with Gasteiger partial charge in [-0.15, -0.1) is 0 Å². The molecule has 0 atom stereocenters. The first-order valence-corrected chi connectivity index (χ1v) is 10.4. The van der Waals surface area contributed by atoms with Gasteiger partial charge in [0, 0.05) is 39.7 Å². The highest BCUT2D eigenvalue weighted by Crippen LogP contribution is 2.28. The topological polar surface area (TPSA) is 6.48 Å². The van der Waals surface area contributed by atoms with Crippen LogP contribution in [0.15, 0.2) is 0 Å². The van der Waals surface area contributed by atoms with Crippen LogP contribution < -0.4 is 0 Å². The van der Waals surface area contributed by atoms with E-state index in [1.807, 2.05) is 59.6 Å². The van der Waals surface area contributed by atoms with Crippen molar-refractivity contribution in [2.24, 2.45) is 0 Å². The maximum atomic E-state index is 5.18. The Morgan fingerprint density at radius 2 is 1.18 bits per heavy atom. The second-order valence-electron chi connectivity index (χ2n) is 3.48. The van der Waals surface area contributed by atoms with Gasteiger partial charge in [-0.25, -0.2) is 0 Å². The van der Waals surface area contributed by atoms with E-state index in [0.29, 0.717) is 0 Å². The van der Waals surface area contributed by atoms with E-state index in [1.165, 1.54) is 6.42 Å². The molecule has 0 amide bonds. The number of rotatable bonds is 6. The van der Waals surface area contributed by atoms with E-state index in [2.05, 4.69) is 0 Å². The van der Waals surface area contributed by atoms with Crippen molar-refractivity contribution < 1.29 is 0 Å². The third kappa shape index (κ3) is 10.8. The predicted octanol–water partition coefficient (Wildman–Crippen LogP) is 3.83. The van der Waals surface area contributed by atoms with E-state index in [4.69, 9.17) is 24.4 Å². The van der Waals surface area contributed by atoms with Crippen LogP contribution in [0.3, 0.4) is 0 Å².